The molecule has 8 unspecified atom stereocenters. The minimum Gasteiger partial charge on any atom is -0.372 e. The summed E-state index contributed by atoms with van der Waals surface area (Å²) in [5.41, 5.74) is -6.11. The van der Waals surface area contributed by atoms with Crippen LogP contribution in [0, 0.1) is 33.0 Å². The van der Waals surface area contributed by atoms with Crippen LogP contribution >= 0.6 is 0 Å². The molecule has 0 N–H and O–H groups in total. The molecule has 0 aliphatic heterocycles. The van der Waals surface area contributed by atoms with Gasteiger partial charge in [-0.3, -0.25) is 4.89 Å². The first-order valence-electron chi connectivity index (χ1n) is 43.0. The number of unbranched alkanes of at least 4 members (excludes halogenated alkanes) is 26. The van der Waals surface area contributed by atoms with Crippen LogP contribution in [0.3, 0.4) is 0 Å². The van der Waals surface area contributed by atoms with E-state index in [1.807, 2.05) is 21.0 Å². The zero-order valence-corrected chi connectivity index (χ0v) is 70.9. The van der Waals surface area contributed by atoms with Gasteiger partial charge < -0.3 is 42.6 Å². The lowest BCUT2D eigenvalue weighted by molar-refractivity contribution is -0.542. The fourth-order valence-electron chi connectivity index (χ4n) is 18.7. The molecule has 99 heavy (non-hydrogen) atoms. The van der Waals surface area contributed by atoms with Gasteiger partial charge in [0.1, 0.15) is 5.60 Å². The summed E-state index contributed by atoms with van der Waals surface area (Å²) < 4.78 is 72.1. The van der Waals surface area contributed by atoms with Crippen molar-refractivity contribution in [2.75, 3.05) is 46.8 Å². The highest BCUT2D eigenvalue weighted by Crippen LogP contribution is 2.82. The van der Waals surface area contributed by atoms with Crippen molar-refractivity contribution >= 4 is 6.16 Å². The van der Waals surface area contributed by atoms with Gasteiger partial charge in [0.15, 0.2) is 0 Å². The lowest BCUT2D eigenvalue weighted by Crippen LogP contribution is -2.84. The largest absolute Gasteiger partial charge is 0.544 e. The molecular formula is C87H174O12. The normalized spacial score (nSPS) is 17.5. The summed E-state index contributed by atoms with van der Waals surface area (Å²) >= 11 is 0. The van der Waals surface area contributed by atoms with Crippen LogP contribution in [0.1, 0.15) is 442 Å². The van der Waals surface area contributed by atoms with Gasteiger partial charge in [0.2, 0.25) is 0 Å². The van der Waals surface area contributed by atoms with E-state index < -0.39 is 68.3 Å². The smallest absolute Gasteiger partial charge is 0.372 e. The van der Waals surface area contributed by atoms with Gasteiger partial charge in [-0.1, -0.05) is 323 Å². The number of hydrogen-bond acceptors (Lipinski definition) is 12. The summed E-state index contributed by atoms with van der Waals surface area (Å²) in [6.07, 6.45) is 40.7. The number of carbonyl (C=O) groups excluding carboxylic acids is 1. The van der Waals surface area contributed by atoms with E-state index in [1.54, 1.807) is 0 Å². The minimum atomic E-state index is -2.44. The summed E-state index contributed by atoms with van der Waals surface area (Å²) in [5, 5.41) is 0. The second-order valence-electron chi connectivity index (χ2n) is 32.7. The first kappa shape index (κ1) is 97.9. The molecule has 0 aliphatic rings. The average molecular weight is 1410 g/mol. The minimum absolute atomic E-state index is 0.00784. The zero-order valence-electron chi connectivity index (χ0n) is 70.9. The molecule has 0 saturated heterocycles. The van der Waals surface area contributed by atoms with Crippen molar-refractivity contribution in [3.8, 4) is 0 Å². The summed E-state index contributed by atoms with van der Waals surface area (Å²) in [7, 11) is 1.97. The first-order chi connectivity index (χ1) is 47.3. The monoisotopic (exact) mass is 1410 g/mol. The van der Waals surface area contributed by atoms with Crippen molar-refractivity contribution in [2.45, 2.75) is 477 Å². The van der Waals surface area contributed by atoms with Gasteiger partial charge in [-0.05, 0) is 141 Å². The average Bonchev–Trinajstić information content (AvgIpc) is 0.647. The van der Waals surface area contributed by atoms with Crippen molar-refractivity contribution in [3.05, 3.63) is 0 Å². The van der Waals surface area contributed by atoms with Gasteiger partial charge >= 0.3 is 12.1 Å². The molecule has 8 atom stereocenters. The van der Waals surface area contributed by atoms with Crippen LogP contribution < -0.4 is 0 Å². The molecule has 0 spiro atoms. The lowest BCUT2D eigenvalue weighted by atomic mass is 9.28. The molecule has 0 aromatic heterocycles. The van der Waals surface area contributed by atoms with Gasteiger partial charge in [0.05, 0.1) is 50.2 Å². The molecule has 0 rings (SSSR count). The Morgan fingerprint density at radius 2 is 0.778 bits per heavy atom. The Morgan fingerprint density at radius 3 is 1.22 bits per heavy atom. The number of rotatable bonds is 69. The standard InChI is InChI=1S/C87H174O12/c1-25-38-47-52-55-60-69-84(89-24,85(90-37-13,91-70-35-11)87(96-76(16)17,94-71-46-33-9)97-77(88)98-95-74-63-56-53-48-39-26-2)81(65-58-50-41-28-4,66-59-54-49-40-27-3)83(78(18,19)20,68-57-43-30-6)82(75(14)15,67-45-32-8)80(36-12,64-34-10)86(99-79(21,22)23,92-72-61-44-31-7)93-73-62-51-42-29-5/h75-76H,25-74H2,1-24H3. The molecule has 0 aromatic rings. The molecule has 0 amide bonds. The topological polar surface area (TPSA) is 119 Å². The van der Waals surface area contributed by atoms with Crippen LogP contribution in [0.15, 0.2) is 0 Å². The third-order valence-electron chi connectivity index (χ3n) is 22.5. The van der Waals surface area contributed by atoms with Crippen LogP contribution in [0.5, 0.6) is 0 Å². The molecule has 0 heterocycles. The highest BCUT2D eigenvalue weighted by Gasteiger charge is 2.86. The van der Waals surface area contributed by atoms with Gasteiger partial charge in [-0.25, -0.2) is 4.79 Å². The summed E-state index contributed by atoms with van der Waals surface area (Å²) in [6, 6.07) is 0. The highest BCUT2D eigenvalue weighted by atomic mass is 17.2. The molecule has 0 bridgehead atoms. The second kappa shape index (κ2) is 53.6. The van der Waals surface area contributed by atoms with Crippen molar-refractivity contribution in [1.82, 2.24) is 0 Å². The van der Waals surface area contributed by atoms with E-state index in [2.05, 4.69) is 145 Å². The van der Waals surface area contributed by atoms with Gasteiger partial charge in [0.25, 0.3) is 11.8 Å². The van der Waals surface area contributed by atoms with E-state index in [0.29, 0.717) is 32.5 Å². The quantitative estimate of drug-likeness (QED) is 0.0190. The van der Waals surface area contributed by atoms with Crippen molar-refractivity contribution in [1.29, 1.82) is 0 Å². The fraction of sp³-hybridized carbons (Fsp3) is 0.989. The molecule has 12 heteroatoms. The Balaban J connectivity index is 12.1. The van der Waals surface area contributed by atoms with E-state index >= 15 is 4.79 Å². The number of methoxy groups -OCH3 is 1. The van der Waals surface area contributed by atoms with E-state index in [0.717, 1.165) is 244 Å². The molecule has 12 nitrogen and oxygen atoms in total. The summed E-state index contributed by atoms with van der Waals surface area (Å²) in [6.45, 7) is 55.4. The maximum atomic E-state index is 15.6. The van der Waals surface area contributed by atoms with Crippen LogP contribution in [0.4, 0.5) is 4.79 Å². The van der Waals surface area contributed by atoms with Crippen LogP contribution in [0.25, 0.3) is 0 Å². The molecule has 0 aliphatic carbocycles. The molecule has 594 valence electrons. The van der Waals surface area contributed by atoms with Crippen LogP contribution in [-0.2, 0) is 52.4 Å². The van der Waals surface area contributed by atoms with E-state index in [1.165, 1.54) is 19.3 Å². The Labute approximate surface area is 616 Å². The van der Waals surface area contributed by atoms with Gasteiger partial charge in [-0.15, -0.1) is 0 Å². The fourth-order valence-corrected chi connectivity index (χ4v) is 18.7. The Hall–Kier alpha value is -1.09. The summed E-state index contributed by atoms with van der Waals surface area (Å²) in [4.78, 5) is 27.5. The van der Waals surface area contributed by atoms with Crippen LogP contribution in [0.2, 0.25) is 0 Å². The second-order valence-corrected chi connectivity index (χ2v) is 32.7. The predicted molar refractivity (Wildman–Crippen MR) is 419 cm³/mol. The Morgan fingerprint density at radius 1 is 0.364 bits per heavy atom. The third kappa shape index (κ3) is 27.6. The van der Waals surface area contributed by atoms with Gasteiger partial charge in [-0.2, -0.15) is 4.89 Å². The van der Waals surface area contributed by atoms with E-state index in [9.17, 15) is 0 Å². The maximum Gasteiger partial charge on any atom is 0.544 e. The lowest BCUT2D eigenvalue weighted by Gasteiger charge is -2.78. The van der Waals surface area contributed by atoms with Crippen molar-refractivity contribution in [3.63, 3.8) is 0 Å². The molecule has 0 saturated carbocycles. The molecule has 0 radical (unpaired) electrons. The van der Waals surface area contributed by atoms with Crippen molar-refractivity contribution < 1.29 is 57.2 Å². The number of carbonyl (C=O) groups is 1. The SMILES string of the molecule is CCCCCCCCOOC(=O)OC(OCCCC)(OC(C)C)C(OCC)(OCCC)C(CCCCCCCC)(OC)C(CCCCCC)(CCCCCCC)C(CCCCC)(C(C)(C)C)C(CCCC)(C(C)C)C(CC)(CCC)C(OCCCCC)(OCCCCCC)OC(C)(C)C. The van der Waals surface area contributed by atoms with Crippen LogP contribution in [-0.4, -0.2) is 87.9 Å². The molecular weight excluding hydrogens is 1240 g/mol. The maximum absolute atomic E-state index is 15.6. The van der Waals surface area contributed by atoms with Crippen molar-refractivity contribution in [2.24, 2.45) is 33.0 Å². The first-order valence-corrected chi connectivity index (χ1v) is 43.0. The summed E-state index contributed by atoms with van der Waals surface area (Å²) in [5.74, 6) is -6.12. The highest BCUT2D eigenvalue weighted by molar-refractivity contribution is 5.59. The Bertz CT molecular complexity index is 1900. The van der Waals surface area contributed by atoms with E-state index in [-0.39, 0.29) is 32.3 Å². The van der Waals surface area contributed by atoms with Gasteiger partial charge in [0, 0.05) is 19.1 Å². The zero-order chi connectivity index (χ0) is 74.9. The van der Waals surface area contributed by atoms with E-state index in [4.69, 9.17) is 52.4 Å². The third-order valence-corrected chi connectivity index (χ3v) is 22.5. The number of ether oxygens (including phenoxy) is 9. The number of hydrogen-bond donors (Lipinski definition) is 0. The predicted octanol–water partition coefficient (Wildman–Crippen LogP) is 27.9. The molecule has 0 aromatic carbocycles. The molecule has 0 fully saturated rings. The Kier molecular flexibility index (Phi) is 53.1.